The Morgan fingerprint density at radius 2 is 1.81 bits per heavy atom. The van der Waals surface area contributed by atoms with Crippen LogP contribution in [0.25, 0.3) is 10.8 Å². The summed E-state index contributed by atoms with van der Waals surface area (Å²) in [5, 5.41) is 5.76. The zero-order valence-electron chi connectivity index (χ0n) is 13.1. The molecule has 1 aromatic carbocycles. The van der Waals surface area contributed by atoms with Gasteiger partial charge in [-0.15, -0.1) is 0 Å². The number of hydrogen-bond donors (Lipinski definition) is 1. The second kappa shape index (κ2) is 5.10. The van der Waals surface area contributed by atoms with E-state index in [1.54, 1.807) is 14.2 Å². The van der Waals surface area contributed by atoms with Crippen LogP contribution in [0.5, 0.6) is 11.5 Å². The van der Waals surface area contributed by atoms with Crippen molar-refractivity contribution in [2.24, 2.45) is 5.92 Å². The van der Waals surface area contributed by atoms with Gasteiger partial charge in [0.15, 0.2) is 11.5 Å². The molecule has 0 radical (unpaired) electrons. The number of hydrogen-bond acceptors (Lipinski definition) is 4. The van der Waals surface area contributed by atoms with Gasteiger partial charge in [-0.1, -0.05) is 0 Å². The molecule has 4 nitrogen and oxygen atoms in total. The van der Waals surface area contributed by atoms with Crippen LogP contribution in [0.15, 0.2) is 24.4 Å². The summed E-state index contributed by atoms with van der Waals surface area (Å²) in [5.74, 6) is 3.11. The molecule has 112 valence electrons. The van der Waals surface area contributed by atoms with E-state index in [2.05, 4.69) is 24.1 Å². The van der Waals surface area contributed by atoms with Crippen molar-refractivity contribution in [1.82, 2.24) is 4.98 Å². The molecule has 0 aliphatic heterocycles. The third kappa shape index (κ3) is 2.62. The lowest BCUT2D eigenvalue weighted by Gasteiger charge is -2.27. The van der Waals surface area contributed by atoms with E-state index in [9.17, 15) is 0 Å². The molecule has 1 aliphatic carbocycles. The molecule has 0 bridgehead atoms. The van der Waals surface area contributed by atoms with Crippen molar-refractivity contribution in [2.45, 2.75) is 32.2 Å². The van der Waals surface area contributed by atoms with Gasteiger partial charge in [0.25, 0.3) is 0 Å². The van der Waals surface area contributed by atoms with Gasteiger partial charge < -0.3 is 14.8 Å². The minimum atomic E-state index is 0.0639. The second-order valence-corrected chi connectivity index (χ2v) is 6.21. The number of aromatic nitrogens is 1. The predicted octanol–water partition coefficient (Wildman–Crippen LogP) is 3.85. The number of rotatable bonds is 5. The summed E-state index contributed by atoms with van der Waals surface area (Å²) in [6, 6.07) is 5.98. The molecule has 1 aromatic heterocycles. The molecule has 1 N–H and O–H groups in total. The van der Waals surface area contributed by atoms with Gasteiger partial charge in [-0.3, -0.25) is 0 Å². The normalized spacial score (nSPS) is 15.0. The van der Waals surface area contributed by atoms with Gasteiger partial charge in [0.05, 0.1) is 14.2 Å². The van der Waals surface area contributed by atoms with Crippen LogP contribution in [0.3, 0.4) is 0 Å². The fraction of sp³-hybridized carbons (Fsp3) is 0.471. The molecule has 3 rings (SSSR count). The van der Waals surface area contributed by atoms with E-state index in [0.717, 1.165) is 34.0 Å². The summed E-state index contributed by atoms with van der Waals surface area (Å²) in [6.45, 7) is 4.48. The quantitative estimate of drug-likeness (QED) is 0.906. The minimum Gasteiger partial charge on any atom is -0.493 e. The molecule has 0 spiro atoms. The summed E-state index contributed by atoms with van der Waals surface area (Å²) < 4.78 is 10.8. The van der Waals surface area contributed by atoms with E-state index in [4.69, 9.17) is 9.47 Å². The molecule has 1 saturated carbocycles. The first-order chi connectivity index (χ1) is 10.0. The molecule has 1 heterocycles. The Hall–Kier alpha value is -1.97. The predicted molar refractivity (Wildman–Crippen MR) is 85.3 cm³/mol. The standard InChI is InChI=1S/C17H22N2O2/c1-17(2,12-5-6-12)19-16-13-10-15(21-4)14(20-3)9-11(13)7-8-18-16/h7-10,12H,5-6H2,1-4H3,(H,18,19). The third-order valence-electron chi connectivity index (χ3n) is 4.31. The molecule has 1 aliphatic rings. The zero-order chi connectivity index (χ0) is 15.0. The highest BCUT2D eigenvalue weighted by Crippen LogP contribution is 2.42. The number of anilines is 1. The minimum absolute atomic E-state index is 0.0639. The highest BCUT2D eigenvalue weighted by atomic mass is 16.5. The van der Waals surface area contributed by atoms with Crippen molar-refractivity contribution in [1.29, 1.82) is 0 Å². The van der Waals surface area contributed by atoms with Crippen LogP contribution in [0.2, 0.25) is 0 Å². The fourth-order valence-electron chi connectivity index (χ4n) is 2.81. The van der Waals surface area contributed by atoms with Crippen molar-refractivity contribution in [3.05, 3.63) is 24.4 Å². The smallest absolute Gasteiger partial charge is 0.161 e. The molecule has 0 amide bonds. The molecular weight excluding hydrogens is 264 g/mol. The third-order valence-corrected chi connectivity index (χ3v) is 4.31. The van der Waals surface area contributed by atoms with Crippen LogP contribution >= 0.6 is 0 Å². The van der Waals surface area contributed by atoms with Crippen LogP contribution in [-0.2, 0) is 0 Å². The average molecular weight is 286 g/mol. The topological polar surface area (TPSA) is 43.4 Å². The molecule has 0 atom stereocenters. The highest BCUT2D eigenvalue weighted by Gasteiger charge is 2.38. The van der Waals surface area contributed by atoms with Crippen LogP contribution < -0.4 is 14.8 Å². The summed E-state index contributed by atoms with van der Waals surface area (Å²) in [5.41, 5.74) is 0.0639. The van der Waals surface area contributed by atoms with Crippen molar-refractivity contribution in [3.63, 3.8) is 0 Å². The van der Waals surface area contributed by atoms with Gasteiger partial charge in [0, 0.05) is 17.1 Å². The van der Waals surface area contributed by atoms with Gasteiger partial charge in [0.1, 0.15) is 5.82 Å². The maximum atomic E-state index is 5.41. The number of nitrogens with one attached hydrogen (secondary N) is 1. The lowest BCUT2D eigenvalue weighted by molar-refractivity contribution is 0.356. The molecular formula is C17H22N2O2. The maximum Gasteiger partial charge on any atom is 0.161 e. The first kappa shape index (κ1) is 14.0. The Morgan fingerprint density at radius 3 is 2.43 bits per heavy atom. The molecule has 0 saturated heterocycles. The Labute approximate surface area is 125 Å². The summed E-state index contributed by atoms with van der Waals surface area (Å²) in [4.78, 5) is 4.53. The monoisotopic (exact) mass is 286 g/mol. The molecule has 1 fully saturated rings. The molecule has 21 heavy (non-hydrogen) atoms. The molecule has 4 heteroatoms. The highest BCUT2D eigenvalue weighted by molar-refractivity contribution is 5.94. The fourth-order valence-corrected chi connectivity index (χ4v) is 2.81. The lowest BCUT2D eigenvalue weighted by atomic mass is 9.98. The number of benzene rings is 1. The van der Waals surface area contributed by atoms with Gasteiger partial charge in [-0.2, -0.15) is 0 Å². The first-order valence-electron chi connectivity index (χ1n) is 7.34. The summed E-state index contributed by atoms with van der Waals surface area (Å²) in [7, 11) is 3.31. The Kier molecular flexibility index (Phi) is 3.40. The Morgan fingerprint density at radius 1 is 1.14 bits per heavy atom. The van der Waals surface area contributed by atoms with Crippen LogP contribution in [0.1, 0.15) is 26.7 Å². The average Bonchev–Trinajstić information content (AvgIpc) is 3.31. The van der Waals surface area contributed by atoms with Crippen molar-refractivity contribution >= 4 is 16.6 Å². The molecule has 0 unspecified atom stereocenters. The SMILES string of the molecule is COc1cc2ccnc(NC(C)(C)C3CC3)c2cc1OC. The van der Waals surface area contributed by atoms with Gasteiger partial charge >= 0.3 is 0 Å². The van der Waals surface area contributed by atoms with Crippen molar-refractivity contribution in [3.8, 4) is 11.5 Å². The summed E-state index contributed by atoms with van der Waals surface area (Å²) >= 11 is 0. The van der Waals surface area contributed by atoms with Gasteiger partial charge in [0.2, 0.25) is 0 Å². The van der Waals surface area contributed by atoms with Crippen molar-refractivity contribution < 1.29 is 9.47 Å². The van der Waals surface area contributed by atoms with E-state index in [1.807, 2.05) is 24.4 Å². The van der Waals surface area contributed by atoms with Crippen LogP contribution in [0.4, 0.5) is 5.82 Å². The largest absolute Gasteiger partial charge is 0.493 e. The van der Waals surface area contributed by atoms with E-state index in [1.165, 1.54) is 12.8 Å². The maximum absolute atomic E-state index is 5.41. The zero-order valence-corrected chi connectivity index (χ0v) is 13.1. The first-order valence-corrected chi connectivity index (χ1v) is 7.34. The van der Waals surface area contributed by atoms with E-state index >= 15 is 0 Å². The van der Waals surface area contributed by atoms with Crippen LogP contribution in [-0.4, -0.2) is 24.7 Å². The second-order valence-electron chi connectivity index (χ2n) is 6.21. The molecule has 2 aromatic rings. The summed E-state index contributed by atoms with van der Waals surface area (Å²) in [6.07, 6.45) is 4.42. The van der Waals surface area contributed by atoms with E-state index in [0.29, 0.717) is 0 Å². The lowest BCUT2D eigenvalue weighted by Crippen LogP contribution is -2.33. The number of pyridine rings is 1. The van der Waals surface area contributed by atoms with Crippen molar-refractivity contribution in [2.75, 3.05) is 19.5 Å². The van der Waals surface area contributed by atoms with Gasteiger partial charge in [-0.05, 0) is 56.2 Å². The number of methoxy groups -OCH3 is 2. The Bertz CT molecular complexity index is 663. The van der Waals surface area contributed by atoms with Gasteiger partial charge in [-0.25, -0.2) is 4.98 Å². The number of ether oxygens (including phenoxy) is 2. The number of nitrogens with zero attached hydrogens (tertiary/aromatic N) is 1. The Balaban J connectivity index is 2.06. The van der Waals surface area contributed by atoms with E-state index < -0.39 is 0 Å². The van der Waals surface area contributed by atoms with E-state index in [-0.39, 0.29) is 5.54 Å². The van der Waals surface area contributed by atoms with Crippen LogP contribution in [0, 0.1) is 5.92 Å². The number of fused-ring (bicyclic) bond motifs is 1.